The van der Waals surface area contributed by atoms with Crippen LogP contribution < -0.4 is 11.1 Å². The van der Waals surface area contributed by atoms with E-state index >= 15 is 0 Å². The third-order valence-corrected chi connectivity index (χ3v) is 2.66. The molecule has 1 heterocycles. The van der Waals surface area contributed by atoms with Crippen LogP contribution in [0, 0.1) is 0 Å². The van der Waals surface area contributed by atoms with Crippen molar-refractivity contribution in [1.29, 1.82) is 0 Å². The van der Waals surface area contributed by atoms with Gasteiger partial charge in [-0.15, -0.1) is 0 Å². The van der Waals surface area contributed by atoms with Gasteiger partial charge in [-0.1, -0.05) is 0 Å². The van der Waals surface area contributed by atoms with Gasteiger partial charge in [0, 0.05) is 30.5 Å². The van der Waals surface area contributed by atoms with Crippen LogP contribution in [0.5, 0.6) is 0 Å². The Morgan fingerprint density at radius 3 is 3.10 bits per heavy atom. The van der Waals surface area contributed by atoms with Crippen LogP contribution >= 0.6 is 11.8 Å². The minimum absolute atomic E-state index is 0.346. The van der Waals surface area contributed by atoms with Crippen molar-refractivity contribution < 1.29 is 4.79 Å². The fraction of sp³-hybridized carbons (Fsp3) is 0.833. The number of carbonyl (C=O) groups excluding carboxylic acids is 1. The summed E-state index contributed by atoms with van der Waals surface area (Å²) in [6, 6.07) is 0. The quantitative estimate of drug-likeness (QED) is 0.611. The zero-order valence-electron chi connectivity index (χ0n) is 5.72. The molecule has 1 aliphatic heterocycles. The topological polar surface area (TPSA) is 52.9 Å². The van der Waals surface area contributed by atoms with Crippen LogP contribution in [0.1, 0.15) is 6.42 Å². The summed E-state index contributed by atoms with van der Waals surface area (Å²) in [4.78, 5) is 10.3. The number of thioether (sulfide) groups is 1. The Morgan fingerprint density at radius 1 is 1.80 bits per heavy atom. The van der Waals surface area contributed by atoms with Gasteiger partial charge in [0.05, 0.1) is 0 Å². The van der Waals surface area contributed by atoms with Crippen LogP contribution in [0.4, 0.5) is 0 Å². The summed E-state index contributed by atoms with van der Waals surface area (Å²) in [7, 11) is 0. The van der Waals surface area contributed by atoms with Crippen molar-refractivity contribution in [3.05, 3.63) is 0 Å². The van der Waals surface area contributed by atoms with Gasteiger partial charge in [0.1, 0.15) is 0 Å². The molecule has 0 aromatic carbocycles. The van der Waals surface area contributed by atoms with Gasteiger partial charge >= 0.3 is 0 Å². The van der Waals surface area contributed by atoms with E-state index in [1.165, 1.54) is 0 Å². The van der Waals surface area contributed by atoms with E-state index in [9.17, 15) is 4.79 Å². The smallest absolute Gasteiger partial charge is 0.239 e. The molecule has 57 valence electrons. The molecule has 1 amide bonds. The molecule has 0 spiro atoms. The third kappa shape index (κ3) is 2.58. The molecule has 1 saturated heterocycles. The summed E-state index contributed by atoms with van der Waals surface area (Å²) in [5, 5.41) is 3.53. The largest absolute Gasteiger partial charge is 0.315 e. The van der Waals surface area contributed by atoms with Crippen molar-refractivity contribution in [3.63, 3.8) is 0 Å². The normalized spacial score (nSPS) is 26.2. The summed E-state index contributed by atoms with van der Waals surface area (Å²) in [6.45, 7) is 1.92. The van der Waals surface area contributed by atoms with Crippen molar-refractivity contribution in [3.8, 4) is 0 Å². The monoisotopic (exact) mass is 159 g/mol. The summed E-state index contributed by atoms with van der Waals surface area (Å²) in [5.74, 6) is 0.624. The molecular weight excluding hydrogens is 148 g/mol. The van der Waals surface area contributed by atoms with E-state index in [4.69, 9.17) is 5.73 Å². The average Bonchev–Trinajstić information content (AvgIpc) is 1.88. The van der Waals surface area contributed by atoms with Gasteiger partial charge in [-0.25, -0.2) is 0 Å². The van der Waals surface area contributed by atoms with Gasteiger partial charge in [0.2, 0.25) is 5.91 Å². The van der Waals surface area contributed by atoms with Gasteiger partial charge in [-0.3, -0.25) is 10.5 Å². The lowest BCUT2D eigenvalue weighted by Gasteiger charge is -2.20. The molecule has 1 radical (unpaired) electrons. The second-order valence-electron chi connectivity index (χ2n) is 2.32. The summed E-state index contributed by atoms with van der Waals surface area (Å²) in [6.07, 6.45) is 0.400. The first-order valence-corrected chi connectivity index (χ1v) is 4.40. The van der Waals surface area contributed by atoms with Gasteiger partial charge in [0.25, 0.3) is 0 Å². The average molecular weight is 159 g/mol. The van der Waals surface area contributed by atoms with E-state index in [2.05, 4.69) is 5.32 Å². The fourth-order valence-electron chi connectivity index (χ4n) is 0.958. The van der Waals surface area contributed by atoms with Crippen molar-refractivity contribution in [2.24, 2.45) is 0 Å². The number of rotatable bonds is 2. The maximum Gasteiger partial charge on any atom is 0.239 e. The van der Waals surface area contributed by atoms with Crippen molar-refractivity contribution in [2.45, 2.75) is 11.7 Å². The maximum atomic E-state index is 10.3. The first-order chi connectivity index (χ1) is 4.79. The molecule has 3 nitrogen and oxygen atoms in total. The Labute approximate surface area is 64.7 Å². The van der Waals surface area contributed by atoms with Crippen LogP contribution in [0.3, 0.4) is 0 Å². The van der Waals surface area contributed by atoms with Crippen LogP contribution in [-0.2, 0) is 4.79 Å². The summed E-state index contributed by atoms with van der Waals surface area (Å²) in [5.41, 5.74) is 6.73. The highest BCUT2D eigenvalue weighted by Crippen LogP contribution is 2.15. The van der Waals surface area contributed by atoms with E-state index in [0.29, 0.717) is 11.7 Å². The predicted molar refractivity (Wildman–Crippen MR) is 41.8 cm³/mol. The Bertz CT molecular complexity index is 123. The van der Waals surface area contributed by atoms with Crippen LogP contribution in [0.25, 0.3) is 0 Å². The van der Waals surface area contributed by atoms with E-state index in [0.717, 1.165) is 18.8 Å². The zero-order chi connectivity index (χ0) is 7.40. The minimum atomic E-state index is -0.443. The maximum absolute atomic E-state index is 10.3. The first kappa shape index (κ1) is 7.88. The molecular formula is C6H11N2OS. The molecule has 1 unspecified atom stereocenters. The Balaban J connectivity index is 2.19. The Kier molecular flexibility index (Phi) is 3.02. The highest BCUT2D eigenvalue weighted by molar-refractivity contribution is 8.00. The molecule has 0 aromatic heterocycles. The molecule has 10 heavy (non-hydrogen) atoms. The molecule has 1 atom stereocenters. The Morgan fingerprint density at radius 2 is 2.60 bits per heavy atom. The van der Waals surface area contributed by atoms with Gasteiger partial charge in [-0.05, 0) is 0 Å². The molecule has 1 fully saturated rings. The van der Waals surface area contributed by atoms with E-state index in [-0.39, 0.29) is 0 Å². The molecule has 2 N–H and O–H groups in total. The summed E-state index contributed by atoms with van der Waals surface area (Å²) >= 11 is 1.79. The molecule has 0 aliphatic carbocycles. The SMILES string of the molecule is [NH]C(=O)CC1CNCCS1. The second-order valence-corrected chi connectivity index (χ2v) is 3.73. The van der Waals surface area contributed by atoms with E-state index in [1.807, 2.05) is 0 Å². The van der Waals surface area contributed by atoms with Crippen LogP contribution in [0.15, 0.2) is 0 Å². The third-order valence-electron chi connectivity index (χ3n) is 1.42. The lowest BCUT2D eigenvalue weighted by molar-refractivity contribution is -0.118. The summed E-state index contributed by atoms with van der Waals surface area (Å²) < 4.78 is 0. The van der Waals surface area contributed by atoms with Gasteiger partial charge in [-0.2, -0.15) is 11.8 Å². The van der Waals surface area contributed by atoms with E-state index < -0.39 is 5.91 Å². The highest BCUT2D eigenvalue weighted by Gasteiger charge is 2.15. The van der Waals surface area contributed by atoms with Gasteiger partial charge < -0.3 is 5.32 Å². The Hall–Kier alpha value is -0.220. The molecule has 4 heteroatoms. The molecule has 1 aliphatic rings. The number of hydrogen-bond acceptors (Lipinski definition) is 3. The van der Waals surface area contributed by atoms with Crippen LogP contribution in [0.2, 0.25) is 0 Å². The van der Waals surface area contributed by atoms with Crippen molar-refractivity contribution >= 4 is 17.7 Å². The van der Waals surface area contributed by atoms with Crippen molar-refractivity contribution in [2.75, 3.05) is 18.8 Å². The molecule has 0 aromatic rings. The second kappa shape index (κ2) is 3.83. The number of amides is 1. The van der Waals surface area contributed by atoms with Crippen LogP contribution in [-0.4, -0.2) is 30.0 Å². The predicted octanol–water partition coefficient (Wildman–Crippen LogP) is -0.109. The number of nitrogens with one attached hydrogen (secondary N) is 2. The fourth-order valence-corrected chi connectivity index (χ4v) is 2.06. The first-order valence-electron chi connectivity index (χ1n) is 3.36. The lowest BCUT2D eigenvalue weighted by Crippen LogP contribution is -2.34. The highest BCUT2D eigenvalue weighted by atomic mass is 32.2. The molecule has 0 bridgehead atoms. The lowest BCUT2D eigenvalue weighted by atomic mass is 10.3. The van der Waals surface area contributed by atoms with Gasteiger partial charge in [0.15, 0.2) is 0 Å². The van der Waals surface area contributed by atoms with E-state index in [1.54, 1.807) is 11.8 Å². The number of hydrogen-bond donors (Lipinski definition) is 1. The zero-order valence-corrected chi connectivity index (χ0v) is 6.54. The minimum Gasteiger partial charge on any atom is -0.315 e. The number of carbonyl (C=O) groups is 1. The van der Waals surface area contributed by atoms with Crippen molar-refractivity contribution in [1.82, 2.24) is 11.1 Å². The molecule has 1 rings (SSSR count). The molecule has 0 saturated carbocycles. The standard InChI is InChI=1S/C6H11N2OS/c7-6(9)3-5-4-8-1-2-10-5/h5,7-8H,1-4H2.